The Hall–Kier alpha value is -1.81. The number of nitrogens with two attached hydrogens (primary N) is 1. The number of halogens is 3. The van der Waals surface area contributed by atoms with Crippen LogP contribution in [0.1, 0.15) is 5.56 Å². The van der Waals surface area contributed by atoms with Crippen LogP contribution >= 0.6 is 0 Å². The summed E-state index contributed by atoms with van der Waals surface area (Å²) >= 11 is 0. The molecule has 0 atom stereocenters. The summed E-state index contributed by atoms with van der Waals surface area (Å²) in [7, 11) is 0. The van der Waals surface area contributed by atoms with Gasteiger partial charge in [0.2, 0.25) is 0 Å². The Morgan fingerprint density at radius 3 is 2.06 bits per heavy atom. The van der Waals surface area contributed by atoms with E-state index in [4.69, 9.17) is 5.73 Å². The van der Waals surface area contributed by atoms with Gasteiger partial charge >= 0.3 is 0 Å². The first-order valence-corrected chi connectivity index (χ1v) is 5.05. The Morgan fingerprint density at radius 1 is 0.824 bits per heavy atom. The lowest BCUT2D eigenvalue weighted by Crippen LogP contribution is -2.00. The number of benzene rings is 2. The molecule has 88 valence electrons. The smallest absolute Gasteiger partial charge is 0.131 e. The summed E-state index contributed by atoms with van der Waals surface area (Å²) in [6.45, 7) is 0.131. The third-order valence-electron chi connectivity index (χ3n) is 2.51. The first-order valence-electron chi connectivity index (χ1n) is 5.05. The normalized spacial score (nSPS) is 10.6. The van der Waals surface area contributed by atoms with E-state index in [0.29, 0.717) is 5.56 Å². The molecule has 0 aliphatic rings. The van der Waals surface area contributed by atoms with Gasteiger partial charge in [-0.05, 0) is 41.5 Å². The molecule has 0 aromatic heterocycles. The Balaban J connectivity index is 2.66. The molecule has 0 saturated heterocycles. The summed E-state index contributed by atoms with van der Waals surface area (Å²) in [5.41, 5.74) is 6.35. The molecule has 0 spiro atoms. The summed E-state index contributed by atoms with van der Waals surface area (Å²) in [6.07, 6.45) is 0. The molecule has 0 aliphatic carbocycles. The van der Waals surface area contributed by atoms with Crippen molar-refractivity contribution in [1.29, 1.82) is 0 Å². The van der Waals surface area contributed by atoms with E-state index in [-0.39, 0.29) is 17.7 Å². The van der Waals surface area contributed by atoms with Gasteiger partial charge in [-0.2, -0.15) is 0 Å². The van der Waals surface area contributed by atoms with Gasteiger partial charge in [0.15, 0.2) is 0 Å². The molecule has 0 saturated carbocycles. The van der Waals surface area contributed by atoms with E-state index in [1.54, 1.807) is 0 Å². The first-order chi connectivity index (χ1) is 8.11. The Labute approximate surface area is 96.7 Å². The Bertz CT molecular complexity index is 552. The van der Waals surface area contributed by atoms with Crippen molar-refractivity contribution < 1.29 is 13.2 Å². The van der Waals surface area contributed by atoms with E-state index in [2.05, 4.69) is 0 Å². The van der Waals surface area contributed by atoms with Gasteiger partial charge in [0.25, 0.3) is 0 Å². The summed E-state index contributed by atoms with van der Waals surface area (Å²) in [6, 6.07) is 6.91. The lowest BCUT2D eigenvalue weighted by Gasteiger charge is -2.09. The lowest BCUT2D eigenvalue weighted by atomic mass is 9.99. The zero-order valence-electron chi connectivity index (χ0n) is 8.88. The second-order valence-corrected chi connectivity index (χ2v) is 3.63. The van der Waals surface area contributed by atoms with Crippen LogP contribution in [0.5, 0.6) is 0 Å². The molecule has 0 bridgehead atoms. The summed E-state index contributed by atoms with van der Waals surface area (Å²) < 4.78 is 39.8. The van der Waals surface area contributed by atoms with E-state index < -0.39 is 17.5 Å². The van der Waals surface area contributed by atoms with E-state index in [9.17, 15) is 13.2 Å². The quantitative estimate of drug-likeness (QED) is 0.852. The average molecular weight is 237 g/mol. The van der Waals surface area contributed by atoms with Crippen LogP contribution in [0.3, 0.4) is 0 Å². The third kappa shape index (κ3) is 2.31. The van der Waals surface area contributed by atoms with Crippen LogP contribution in [0.2, 0.25) is 0 Å². The maximum Gasteiger partial charge on any atom is 0.131 e. The minimum Gasteiger partial charge on any atom is -0.326 e. The third-order valence-corrected chi connectivity index (χ3v) is 2.51. The van der Waals surface area contributed by atoms with Crippen molar-refractivity contribution in [2.45, 2.75) is 6.54 Å². The molecule has 2 aromatic rings. The number of hydrogen-bond donors (Lipinski definition) is 1. The molecular weight excluding hydrogens is 227 g/mol. The molecule has 0 fully saturated rings. The minimum atomic E-state index is -0.605. The molecule has 4 heteroatoms. The molecule has 2 rings (SSSR count). The highest BCUT2D eigenvalue weighted by molar-refractivity contribution is 5.68. The predicted molar refractivity (Wildman–Crippen MR) is 59.6 cm³/mol. The maximum atomic E-state index is 13.6. The van der Waals surface area contributed by atoms with E-state index in [1.165, 1.54) is 12.1 Å². The van der Waals surface area contributed by atoms with Gasteiger partial charge in [-0.3, -0.25) is 0 Å². The van der Waals surface area contributed by atoms with E-state index in [1.807, 2.05) is 0 Å². The monoisotopic (exact) mass is 237 g/mol. The van der Waals surface area contributed by atoms with Crippen LogP contribution in [0.15, 0.2) is 36.4 Å². The highest BCUT2D eigenvalue weighted by atomic mass is 19.1. The summed E-state index contributed by atoms with van der Waals surface area (Å²) in [5, 5.41) is 0. The van der Waals surface area contributed by atoms with Gasteiger partial charge < -0.3 is 5.73 Å². The van der Waals surface area contributed by atoms with Crippen LogP contribution < -0.4 is 5.73 Å². The molecule has 0 amide bonds. The zero-order chi connectivity index (χ0) is 12.4. The van der Waals surface area contributed by atoms with Gasteiger partial charge in [0.05, 0.1) is 0 Å². The van der Waals surface area contributed by atoms with Crippen molar-refractivity contribution >= 4 is 0 Å². The van der Waals surface area contributed by atoms with Crippen molar-refractivity contribution in [3.63, 3.8) is 0 Å². The maximum absolute atomic E-state index is 13.6. The lowest BCUT2D eigenvalue weighted by molar-refractivity contribution is 0.602. The highest BCUT2D eigenvalue weighted by Gasteiger charge is 2.11. The van der Waals surface area contributed by atoms with Crippen LogP contribution in [0.25, 0.3) is 11.1 Å². The van der Waals surface area contributed by atoms with E-state index >= 15 is 0 Å². The summed E-state index contributed by atoms with van der Waals surface area (Å²) in [4.78, 5) is 0. The van der Waals surface area contributed by atoms with Crippen LogP contribution in [0, 0.1) is 17.5 Å². The predicted octanol–water partition coefficient (Wildman–Crippen LogP) is 3.23. The molecule has 2 aromatic carbocycles. The van der Waals surface area contributed by atoms with Crippen molar-refractivity contribution in [1.82, 2.24) is 0 Å². The Morgan fingerprint density at radius 2 is 1.41 bits per heavy atom. The largest absolute Gasteiger partial charge is 0.326 e. The van der Waals surface area contributed by atoms with E-state index in [0.717, 1.165) is 24.3 Å². The second kappa shape index (κ2) is 4.59. The topological polar surface area (TPSA) is 26.0 Å². The van der Waals surface area contributed by atoms with Crippen molar-refractivity contribution in [3.8, 4) is 11.1 Å². The van der Waals surface area contributed by atoms with Gasteiger partial charge in [0.1, 0.15) is 17.5 Å². The van der Waals surface area contributed by atoms with Crippen LogP contribution in [0.4, 0.5) is 13.2 Å². The average Bonchev–Trinajstić information content (AvgIpc) is 2.32. The molecule has 0 aliphatic heterocycles. The second-order valence-electron chi connectivity index (χ2n) is 3.63. The zero-order valence-corrected chi connectivity index (χ0v) is 8.88. The van der Waals surface area contributed by atoms with Crippen molar-refractivity contribution in [3.05, 3.63) is 59.4 Å². The van der Waals surface area contributed by atoms with Crippen LogP contribution in [-0.4, -0.2) is 0 Å². The first kappa shape index (κ1) is 11.7. The van der Waals surface area contributed by atoms with Gasteiger partial charge in [-0.15, -0.1) is 0 Å². The molecule has 0 heterocycles. The molecule has 0 radical (unpaired) electrons. The van der Waals surface area contributed by atoms with Crippen LogP contribution in [-0.2, 0) is 6.54 Å². The molecule has 2 N–H and O–H groups in total. The van der Waals surface area contributed by atoms with Gasteiger partial charge in [-0.1, -0.05) is 6.07 Å². The number of hydrogen-bond acceptors (Lipinski definition) is 1. The highest BCUT2D eigenvalue weighted by Crippen LogP contribution is 2.27. The number of rotatable bonds is 2. The summed E-state index contributed by atoms with van der Waals surface area (Å²) in [5.74, 6) is -1.69. The molecule has 1 nitrogen and oxygen atoms in total. The SMILES string of the molecule is NCc1ccc(F)cc1-c1cc(F)ccc1F. The standard InChI is InChI=1S/C13H10F3N/c14-9-2-1-8(7-17)11(5-9)12-6-10(15)3-4-13(12)16/h1-6H,7,17H2. The van der Waals surface area contributed by atoms with Gasteiger partial charge in [-0.25, -0.2) is 13.2 Å². The fourth-order valence-electron chi connectivity index (χ4n) is 1.68. The van der Waals surface area contributed by atoms with Gasteiger partial charge in [0, 0.05) is 12.1 Å². The molecular formula is C13H10F3N. The molecule has 0 unspecified atom stereocenters. The fourth-order valence-corrected chi connectivity index (χ4v) is 1.68. The molecule has 17 heavy (non-hydrogen) atoms. The Kier molecular flexibility index (Phi) is 3.15. The van der Waals surface area contributed by atoms with Crippen molar-refractivity contribution in [2.75, 3.05) is 0 Å². The fraction of sp³-hybridized carbons (Fsp3) is 0.0769. The minimum absolute atomic E-state index is 0.0185. The van der Waals surface area contributed by atoms with Crippen molar-refractivity contribution in [2.24, 2.45) is 5.73 Å².